The summed E-state index contributed by atoms with van der Waals surface area (Å²) in [5, 5.41) is 3.25. The molecule has 34 heavy (non-hydrogen) atoms. The lowest BCUT2D eigenvalue weighted by atomic mass is 9.74. The van der Waals surface area contributed by atoms with E-state index >= 15 is 0 Å². The number of aryl methyl sites for hydroxylation is 1. The Hall–Kier alpha value is -3.29. The van der Waals surface area contributed by atoms with Crippen molar-refractivity contribution in [3.8, 4) is 21.8 Å². The van der Waals surface area contributed by atoms with Gasteiger partial charge in [-0.3, -0.25) is 4.40 Å². The maximum Gasteiger partial charge on any atom is 0.150 e. The Morgan fingerprint density at radius 2 is 2.00 bits per heavy atom. The number of rotatable bonds is 5. The minimum Gasteiger partial charge on any atom is -0.382 e. The highest BCUT2D eigenvalue weighted by atomic mass is 32.1. The van der Waals surface area contributed by atoms with E-state index in [-0.39, 0.29) is 0 Å². The van der Waals surface area contributed by atoms with E-state index in [2.05, 4.69) is 77.1 Å². The lowest BCUT2D eigenvalue weighted by Gasteiger charge is -2.36. The van der Waals surface area contributed by atoms with Crippen LogP contribution < -0.4 is 5.73 Å². The molecule has 1 fully saturated rings. The van der Waals surface area contributed by atoms with Gasteiger partial charge in [-0.2, -0.15) is 0 Å². The Bertz CT molecular complexity index is 1500. The molecule has 1 aliphatic carbocycles. The Morgan fingerprint density at radius 3 is 2.76 bits per heavy atom. The highest BCUT2D eigenvalue weighted by molar-refractivity contribution is 7.13. The average Bonchev–Trinajstić information content (AvgIpc) is 3.45. The normalized spacial score (nSPS) is 18.1. The minimum atomic E-state index is 0.444. The molecule has 6 rings (SSSR count). The maximum absolute atomic E-state index is 6.39. The molecular formula is C27H28N6S. The first-order valence-corrected chi connectivity index (χ1v) is 12.6. The van der Waals surface area contributed by atoms with Crippen LogP contribution in [-0.4, -0.2) is 44.9 Å². The van der Waals surface area contributed by atoms with Crippen molar-refractivity contribution in [1.82, 2.24) is 24.3 Å². The third-order valence-corrected chi connectivity index (χ3v) is 7.79. The summed E-state index contributed by atoms with van der Waals surface area (Å²) in [7, 11) is 4.28. The van der Waals surface area contributed by atoms with E-state index < -0.39 is 0 Å². The molecule has 1 aromatic carbocycles. The number of hydrogen-bond acceptors (Lipinski definition) is 6. The summed E-state index contributed by atoms with van der Waals surface area (Å²) in [6.07, 6.45) is 6.07. The van der Waals surface area contributed by atoms with E-state index in [9.17, 15) is 0 Å². The van der Waals surface area contributed by atoms with Crippen LogP contribution in [0.25, 0.3) is 38.2 Å². The van der Waals surface area contributed by atoms with Crippen molar-refractivity contribution in [2.75, 3.05) is 26.4 Å². The summed E-state index contributed by atoms with van der Waals surface area (Å²) in [6, 6.07) is 12.8. The molecule has 7 heteroatoms. The topological polar surface area (TPSA) is 72.3 Å². The van der Waals surface area contributed by atoms with Crippen LogP contribution in [0.4, 0.5) is 5.82 Å². The second-order valence-electron chi connectivity index (χ2n) is 9.68. The SMILES string of the molecule is Cc1cc(-c2cccs2)nc2cc(-c3nc(C4CC(CN(C)C)C4)n4ccnc(N)c34)ccc12. The predicted molar refractivity (Wildman–Crippen MR) is 140 cm³/mol. The van der Waals surface area contributed by atoms with Gasteiger partial charge in [0.05, 0.1) is 16.1 Å². The largest absolute Gasteiger partial charge is 0.382 e. The second kappa shape index (κ2) is 8.18. The number of hydrogen-bond donors (Lipinski definition) is 1. The molecular weight excluding hydrogens is 440 g/mol. The van der Waals surface area contributed by atoms with Crippen molar-refractivity contribution in [2.24, 2.45) is 5.92 Å². The van der Waals surface area contributed by atoms with Crippen LogP contribution in [0.5, 0.6) is 0 Å². The monoisotopic (exact) mass is 468 g/mol. The summed E-state index contributed by atoms with van der Waals surface area (Å²) in [4.78, 5) is 18.0. The van der Waals surface area contributed by atoms with Gasteiger partial charge in [-0.1, -0.05) is 18.2 Å². The van der Waals surface area contributed by atoms with Crippen molar-refractivity contribution in [2.45, 2.75) is 25.7 Å². The Morgan fingerprint density at radius 1 is 1.15 bits per heavy atom. The molecule has 0 atom stereocenters. The summed E-state index contributed by atoms with van der Waals surface area (Å²) in [5.41, 5.74) is 12.4. The Kier molecular flexibility index (Phi) is 5.12. The fourth-order valence-corrected chi connectivity index (χ4v) is 5.97. The molecule has 0 bridgehead atoms. The number of benzene rings is 1. The van der Waals surface area contributed by atoms with Crippen LogP contribution >= 0.6 is 11.3 Å². The highest BCUT2D eigenvalue weighted by Crippen LogP contribution is 2.43. The second-order valence-corrected chi connectivity index (χ2v) is 10.6. The van der Waals surface area contributed by atoms with Gasteiger partial charge in [0.2, 0.25) is 0 Å². The molecule has 0 amide bonds. The van der Waals surface area contributed by atoms with Crippen LogP contribution in [0.2, 0.25) is 0 Å². The molecule has 6 nitrogen and oxygen atoms in total. The molecule has 4 aromatic heterocycles. The molecule has 4 heterocycles. The van der Waals surface area contributed by atoms with Crippen molar-refractivity contribution in [1.29, 1.82) is 0 Å². The van der Waals surface area contributed by atoms with E-state index in [1.807, 2.05) is 6.20 Å². The average molecular weight is 469 g/mol. The van der Waals surface area contributed by atoms with E-state index in [1.165, 1.54) is 10.4 Å². The molecule has 0 saturated heterocycles. The van der Waals surface area contributed by atoms with E-state index in [1.54, 1.807) is 17.5 Å². The van der Waals surface area contributed by atoms with Crippen LogP contribution in [-0.2, 0) is 0 Å². The van der Waals surface area contributed by atoms with Crippen LogP contribution in [0.15, 0.2) is 54.2 Å². The molecule has 0 radical (unpaired) electrons. The fourth-order valence-electron chi connectivity index (χ4n) is 5.29. The van der Waals surface area contributed by atoms with E-state index in [0.717, 1.165) is 64.5 Å². The van der Waals surface area contributed by atoms with Crippen LogP contribution in [0, 0.1) is 12.8 Å². The van der Waals surface area contributed by atoms with E-state index in [4.69, 9.17) is 15.7 Å². The molecule has 0 unspecified atom stereocenters. The van der Waals surface area contributed by atoms with Gasteiger partial charge in [0.25, 0.3) is 0 Å². The van der Waals surface area contributed by atoms with Crippen LogP contribution in [0.1, 0.15) is 30.1 Å². The van der Waals surface area contributed by atoms with Gasteiger partial charge in [-0.25, -0.2) is 15.0 Å². The van der Waals surface area contributed by atoms with Gasteiger partial charge in [0.15, 0.2) is 0 Å². The molecule has 2 N–H and O–H groups in total. The smallest absolute Gasteiger partial charge is 0.150 e. The zero-order valence-electron chi connectivity index (χ0n) is 19.7. The third-order valence-electron chi connectivity index (χ3n) is 6.90. The molecule has 1 saturated carbocycles. The molecule has 1 aliphatic rings. The van der Waals surface area contributed by atoms with Gasteiger partial charge in [0, 0.05) is 35.8 Å². The quantitative estimate of drug-likeness (QED) is 0.362. The van der Waals surface area contributed by atoms with Gasteiger partial charge < -0.3 is 10.6 Å². The number of nitrogen functional groups attached to an aromatic ring is 1. The molecule has 0 aliphatic heterocycles. The predicted octanol–water partition coefficient (Wildman–Crippen LogP) is 5.62. The number of aromatic nitrogens is 4. The first-order valence-electron chi connectivity index (χ1n) is 11.7. The molecule has 5 aromatic rings. The number of nitrogens with zero attached hydrogens (tertiary/aromatic N) is 5. The number of nitrogens with two attached hydrogens (primary N) is 1. The number of pyridine rings is 1. The van der Waals surface area contributed by atoms with Crippen LogP contribution in [0.3, 0.4) is 0 Å². The van der Waals surface area contributed by atoms with E-state index in [0.29, 0.717) is 11.7 Å². The Balaban J connectivity index is 1.45. The maximum atomic E-state index is 6.39. The lowest BCUT2D eigenvalue weighted by molar-refractivity contribution is 0.194. The summed E-state index contributed by atoms with van der Waals surface area (Å²) >= 11 is 1.71. The van der Waals surface area contributed by atoms with Crippen molar-refractivity contribution in [3.63, 3.8) is 0 Å². The Labute approximate surface area is 203 Å². The van der Waals surface area contributed by atoms with Crippen molar-refractivity contribution >= 4 is 33.6 Å². The zero-order valence-corrected chi connectivity index (χ0v) is 20.5. The van der Waals surface area contributed by atoms with Gasteiger partial charge in [0.1, 0.15) is 22.9 Å². The summed E-state index contributed by atoms with van der Waals surface area (Å²) in [6.45, 7) is 3.27. The minimum absolute atomic E-state index is 0.444. The van der Waals surface area contributed by atoms with Gasteiger partial charge in [-0.05, 0) is 68.9 Å². The zero-order chi connectivity index (χ0) is 23.4. The lowest BCUT2D eigenvalue weighted by Crippen LogP contribution is -2.32. The standard InChI is InChI=1S/C27H28N6S/c1-16-11-22(23-5-4-10-34-23)30-21-14-18(6-7-20(16)21)24-25-26(28)29-8-9-33(25)27(31-24)19-12-17(13-19)15-32(2)3/h4-11,14,17,19H,12-13,15H2,1-3H3,(H2,28,29). The van der Waals surface area contributed by atoms with Gasteiger partial charge >= 0.3 is 0 Å². The molecule has 0 spiro atoms. The molecule has 172 valence electrons. The third kappa shape index (κ3) is 3.56. The number of imidazole rings is 1. The first-order chi connectivity index (χ1) is 16.5. The first kappa shape index (κ1) is 21.3. The number of fused-ring (bicyclic) bond motifs is 2. The highest BCUT2D eigenvalue weighted by Gasteiger charge is 2.34. The number of anilines is 1. The summed E-state index contributed by atoms with van der Waals surface area (Å²) < 4.78 is 2.15. The fraction of sp³-hybridized carbons (Fsp3) is 0.296. The van der Waals surface area contributed by atoms with Gasteiger partial charge in [-0.15, -0.1) is 11.3 Å². The summed E-state index contributed by atoms with van der Waals surface area (Å²) in [5.74, 6) is 2.76. The van der Waals surface area contributed by atoms with Crippen molar-refractivity contribution in [3.05, 3.63) is 65.6 Å². The number of thiophene rings is 1. The van der Waals surface area contributed by atoms with Crippen molar-refractivity contribution < 1.29 is 0 Å².